The van der Waals surface area contributed by atoms with E-state index in [1.807, 2.05) is 36.4 Å². The quantitative estimate of drug-likeness (QED) is 0.662. The zero-order valence-electron chi connectivity index (χ0n) is 10.3. The molecule has 3 aromatic rings. The van der Waals surface area contributed by atoms with Gasteiger partial charge in [-0.25, -0.2) is 0 Å². The summed E-state index contributed by atoms with van der Waals surface area (Å²) in [7, 11) is 0. The molecule has 0 saturated carbocycles. The molecule has 0 fully saturated rings. The van der Waals surface area contributed by atoms with Crippen LogP contribution in [0, 0.1) is 0 Å². The fourth-order valence-corrected chi connectivity index (χ4v) is 3.07. The Bertz CT molecular complexity index is 734. The topological polar surface area (TPSA) is 39.2 Å². The number of hydrogen-bond donors (Lipinski definition) is 0. The normalized spacial score (nSPS) is 10.6. The number of nitrogens with zero attached hydrogens (tertiary/aromatic N) is 1. The highest BCUT2D eigenvalue weighted by Crippen LogP contribution is 2.44. The molecule has 0 N–H and O–H groups in total. The van der Waals surface area contributed by atoms with Gasteiger partial charge in [-0.15, -0.1) is 11.3 Å². The maximum absolute atomic E-state index is 11.3. The van der Waals surface area contributed by atoms with Gasteiger partial charge in [-0.2, -0.15) is 0 Å². The summed E-state index contributed by atoms with van der Waals surface area (Å²) in [6.45, 7) is 1.42. The molecule has 0 unspecified atom stereocenters. The molecule has 94 valence electrons. The van der Waals surface area contributed by atoms with Gasteiger partial charge < -0.3 is 4.74 Å². The first-order valence-electron chi connectivity index (χ1n) is 5.86. The predicted molar refractivity (Wildman–Crippen MR) is 76.4 cm³/mol. The van der Waals surface area contributed by atoms with Crippen molar-refractivity contribution < 1.29 is 9.53 Å². The van der Waals surface area contributed by atoms with Crippen LogP contribution in [0.5, 0.6) is 5.75 Å². The average molecular weight is 269 g/mol. The summed E-state index contributed by atoms with van der Waals surface area (Å²) in [6, 6.07) is 11.7. The van der Waals surface area contributed by atoms with Crippen molar-refractivity contribution in [2.24, 2.45) is 0 Å². The lowest BCUT2D eigenvalue weighted by Gasteiger charge is -2.03. The van der Waals surface area contributed by atoms with E-state index in [0.29, 0.717) is 5.75 Å². The van der Waals surface area contributed by atoms with E-state index in [0.717, 1.165) is 20.5 Å². The molecule has 0 bridgehead atoms. The number of ether oxygens (including phenoxy) is 1. The molecule has 0 radical (unpaired) electrons. The third kappa shape index (κ3) is 2.22. The molecule has 0 atom stereocenters. The summed E-state index contributed by atoms with van der Waals surface area (Å²) in [5, 5.41) is 0.960. The molecule has 4 heteroatoms. The van der Waals surface area contributed by atoms with Crippen molar-refractivity contribution in [1.29, 1.82) is 0 Å². The standard InChI is InChI=1S/C15H11NO2S/c1-10(17)18-14-12-6-2-3-7-13(12)19-15(14)11-5-4-8-16-9-11/h2-9H,1H3. The van der Waals surface area contributed by atoms with Gasteiger partial charge in [0.1, 0.15) is 0 Å². The third-order valence-corrected chi connectivity index (χ3v) is 3.92. The smallest absolute Gasteiger partial charge is 0.308 e. The number of aromatic nitrogens is 1. The molecule has 2 heterocycles. The predicted octanol–water partition coefficient (Wildman–Crippen LogP) is 3.89. The van der Waals surface area contributed by atoms with E-state index in [1.54, 1.807) is 23.7 Å². The molecule has 0 spiro atoms. The Kier molecular flexibility index (Phi) is 3.01. The molecular weight excluding hydrogens is 258 g/mol. The lowest BCUT2D eigenvalue weighted by molar-refractivity contribution is -0.131. The van der Waals surface area contributed by atoms with Crippen molar-refractivity contribution in [3.63, 3.8) is 0 Å². The highest BCUT2D eigenvalue weighted by atomic mass is 32.1. The van der Waals surface area contributed by atoms with Gasteiger partial charge in [0.25, 0.3) is 0 Å². The Morgan fingerprint density at radius 3 is 2.79 bits per heavy atom. The molecule has 2 aromatic heterocycles. The van der Waals surface area contributed by atoms with Crippen molar-refractivity contribution >= 4 is 27.4 Å². The highest BCUT2D eigenvalue weighted by Gasteiger charge is 2.16. The summed E-state index contributed by atoms with van der Waals surface area (Å²) in [5.41, 5.74) is 0.958. The molecule has 19 heavy (non-hydrogen) atoms. The van der Waals surface area contributed by atoms with Crippen molar-refractivity contribution in [3.8, 4) is 16.2 Å². The van der Waals surface area contributed by atoms with Crippen LogP contribution in [-0.2, 0) is 4.79 Å². The lowest BCUT2D eigenvalue weighted by atomic mass is 10.2. The van der Waals surface area contributed by atoms with Crippen molar-refractivity contribution in [1.82, 2.24) is 4.98 Å². The summed E-state index contributed by atoms with van der Waals surface area (Å²) in [6.07, 6.45) is 3.50. The van der Waals surface area contributed by atoms with E-state index >= 15 is 0 Å². The minimum Gasteiger partial charge on any atom is -0.424 e. The number of carbonyl (C=O) groups excluding carboxylic acids is 1. The van der Waals surface area contributed by atoms with Crippen LogP contribution in [-0.4, -0.2) is 11.0 Å². The molecule has 0 aliphatic heterocycles. The summed E-state index contributed by atoms with van der Waals surface area (Å²) in [5.74, 6) is 0.315. The van der Waals surface area contributed by atoms with Crippen LogP contribution in [0.25, 0.3) is 20.5 Å². The maximum Gasteiger partial charge on any atom is 0.308 e. The molecule has 0 aliphatic carbocycles. The van der Waals surface area contributed by atoms with Crippen LogP contribution >= 0.6 is 11.3 Å². The third-order valence-electron chi connectivity index (χ3n) is 2.72. The summed E-state index contributed by atoms with van der Waals surface area (Å²) in [4.78, 5) is 16.4. The Morgan fingerprint density at radius 1 is 1.21 bits per heavy atom. The summed E-state index contributed by atoms with van der Waals surface area (Å²) < 4.78 is 6.49. The zero-order chi connectivity index (χ0) is 13.2. The number of thiophene rings is 1. The van der Waals surface area contributed by atoms with Gasteiger partial charge in [-0.3, -0.25) is 9.78 Å². The molecule has 0 aliphatic rings. The molecule has 3 rings (SSSR count). The minimum absolute atomic E-state index is 0.311. The Labute approximate surface area is 114 Å². The van der Waals surface area contributed by atoms with E-state index in [4.69, 9.17) is 4.74 Å². The number of hydrogen-bond acceptors (Lipinski definition) is 4. The second-order valence-corrected chi connectivity index (χ2v) is 5.14. The fraction of sp³-hybridized carbons (Fsp3) is 0.0667. The van der Waals surface area contributed by atoms with E-state index in [1.165, 1.54) is 6.92 Å². The van der Waals surface area contributed by atoms with Gasteiger partial charge >= 0.3 is 5.97 Å². The number of fused-ring (bicyclic) bond motifs is 1. The first-order valence-corrected chi connectivity index (χ1v) is 6.67. The molecule has 0 saturated heterocycles. The number of pyridine rings is 1. The van der Waals surface area contributed by atoms with Crippen molar-refractivity contribution in [2.45, 2.75) is 6.92 Å². The van der Waals surface area contributed by atoms with Gasteiger partial charge in [0.05, 0.1) is 4.88 Å². The van der Waals surface area contributed by atoms with Crippen LogP contribution in [0.4, 0.5) is 0 Å². The Balaban J connectivity index is 2.26. The van der Waals surface area contributed by atoms with Gasteiger partial charge in [0.15, 0.2) is 5.75 Å². The number of rotatable bonds is 2. The summed E-state index contributed by atoms with van der Waals surface area (Å²) >= 11 is 1.60. The molecular formula is C15H11NO2S. The van der Waals surface area contributed by atoms with Crippen LogP contribution < -0.4 is 4.74 Å². The van der Waals surface area contributed by atoms with Gasteiger partial charge in [-0.1, -0.05) is 18.2 Å². The SMILES string of the molecule is CC(=O)Oc1c(-c2cccnc2)sc2ccccc12. The number of carbonyl (C=O) groups is 1. The van der Waals surface area contributed by atoms with Gasteiger partial charge in [-0.05, 0) is 18.2 Å². The lowest BCUT2D eigenvalue weighted by Crippen LogP contribution is -2.01. The van der Waals surface area contributed by atoms with Gasteiger partial charge in [0, 0.05) is 35.0 Å². The Morgan fingerprint density at radius 2 is 2.05 bits per heavy atom. The molecule has 0 amide bonds. The first-order chi connectivity index (χ1) is 9.25. The zero-order valence-corrected chi connectivity index (χ0v) is 11.1. The van der Waals surface area contributed by atoms with Gasteiger partial charge in [0.2, 0.25) is 0 Å². The van der Waals surface area contributed by atoms with Crippen molar-refractivity contribution in [3.05, 3.63) is 48.8 Å². The minimum atomic E-state index is -0.311. The van der Waals surface area contributed by atoms with Crippen LogP contribution in [0.2, 0.25) is 0 Å². The van der Waals surface area contributed by atoms with E-state index in [-0.39, 0.29) is 5.97 Å². The van der Waals surface area contributed by atoms with Crippen LogP contribution in [0.3, 0.4) is 0 Å². The van der Waals surface area contributed by atoms with Crippen LogP contribution in [0.15, 0.2) is 48.8 Å². The largest absolute Gasteiger partial charge is 0.424 e. The second kappa shape index (κ2) is 4.82. The molecule has 3 nitrogen and oxygen atoms in total. The van der Waals surface area contributed by atoms with Crippen LogP contribution in [0.1, 0.15) is 6.92 Å². The monoisotopic (exact) mass is 269 g/mol. The van der Waals surface area contributed by atoms with E-state index in [2.05, 4.69) is 4.98 Å². The van der Waals surface area contributed by atoms with Crippen molar-refractivity contribution in [2.75, 3.05) is 0 Å². The average Bonchev–Trinajstić information content (AvgIpc) is 2.78. The number of esters is 1. The highest BCUT2D eigenvalue weighted by molar-refractivity contribution is 7.22. The van der Waals surface area contributed by atoms with E-state index < -0.39 is 0 Å². The maximum atomic E-state index is 11.3. The number of benzene rings is 1. The second-order valence-electron chi connectivity index (χ2n) is 4.09. The molecule has 1 aromatic carbocycles. The fourth-order valence-electron chi connectivity index (χ4n) is 1.95. The first kappa shape index (κ1) is 11.9. The Hall–Kier alpha value is -2.20. The van der Waals surface area contributed by atoms with E-state index in [9.17, 15) is 4.79 Å².